The van der Waals surface area contributed by atoms with Crippen molar-refractivity contribution in [3.8, 4) is 0 Å². The molecule has 0 unspecified atom stereocenters. The van der Waals surface area contributed by atoms with Crippen LogP contribution < -0.4 is 5.32 Å². The number of carbonyl (C=O) groups excluding carboxylic acids is 1. The summed E-state index contributed by atoms with van der Waals surface area (Å²) < 4.78 is 32.3. The van der Waals surface area contributed by atoms with Crippen molar-refractivity contribution < 1.29 is 17.9 Å². The first kappa shape index (κ1) is 18.4. The van der Waals surface area contributed by atoms with Crippen molar-refractivity contribution in [1.29, 1.82) is 0 Å². The van der Waals surface area contributed by atoms with Crippen LogP contribution in [-0.4, -0.2) is 51.0 Å². The van der Waals surface area contributed by atoms with E-state index in [1.165, 1.54) is 4.31 Å². The van der Waals surface area contributed by atoms with Gasteiger partial charge in [0.2, 0.25) is 15.9 Å². The maximum atomic E-state index is 12.7. The van der Waals surface area contributed by atoms with Gasteiger partial charge in [-0.05, 0) is 31.2 Å². The topological polar surface area (TPSA) is 75.7 Å². The maximum Gasteiger partial charge on any atom is 0.224 e. The van der Waals surface area contributed by atoms with E-state index in [0.717, 1.165) is 31.4 Å². The number of benzene rings is 1. The molecule has 0 spiro atoms. The van der Waals surface area contributed by atoms with Crippen LogP contribution in [0.25, 0.3) is 0 Å². The van der Waals surface area contributed by atoms with Gasteiger partial charge in [0.15, 0.2) is 0 Å². The van der Waals surface area contributed by atoms with Gasteiger partial charge in [-0.2, -0.15) is 0 Å². The average molecular weight is 366 g/mol. The Kier molecular flexibility index (Phi) is 6.09. The quantitative estimate of drug-likeness (QED) is 0.828. The van der Waals surface area contributed by atoms with Gasteiger partial charge in [0.1, 0.15) is 0 Å². The summed E-state index contributed by atoms with van der Waals surface area (Å²) in [6.45, 7) is 2.04. The molecule has 6 nitrogen and oxygen atoms in total. The van der Waals surface area contributed by atoms with Crippen molar-refractivity contribution in [3.05, 3.63) is 35.9 Å². The molecular weight excluding hydrogens is 340 g/mol. The Hall–Kier alpha value is -1.44. The predicted molar refractivity (Wildman–Crippen MR) is 95.3 cm³/mol. The second-order valence-electron chi connectivity index (χ2n) is 6.82. The standard InChI is InChI=1S/C18H26N2O4S/c21-18(19-12-17-9-5-11-24-17)16-8-4-10-20(13-16)25(22,23)14-15-6-2-1-3-7-15/h1-3,6-7,16-17H,4-5,8-14H2,(H,19,21)/t16-,17+/m1/s1. The van der Waals surface area contributed by atoms with Crippen LogP contribution in [0.2, 0.25) is 0 Å². The summed E-state index contributed by atoms with van der Waals surface area (Å²) in [5.74, 6) is -0.353. The SMILES string of the molecule is O=C(NC[C@@H]1CCCO1)[C@@H]1CCCN(S(=O)(=O)Cc2ccccc2)C1. The van der Waals surface area contributed by atoms with Crippen molar-refractivity contribution in [2.75, 3.05) is 26.2 Å². The van der Waals surface area contributed by atoms with Crippen LogP contribution in [0.15, 0.2) is 30.3 Å². The van der Waals surface area contributed by atoms with Crippen LogP contribution in [-0.2, 0) is 25.3 Å². The molecule has 7 heteroatoms. The summed E-state index contributed by atoms with van der Waals surface area (Å²) in [6, 6.07) is 9.16. The zero-order valence-corrected chi connectivity index (χ0v) is 15.2. The summed E-state index contributed by atoms with van der Waals surface area (Å²) in [4.78, 5) is 12.4. The highest BCUT2D eigenvalue weighted by molar-refractivity contribution is 7.88. The fourth-order valence-electron chi connectivity index (χ4n) is 3.45. The van der Waals surface area contributed by atoms with E-state index in [9.17, 15) is 13.2 Å². The van der Waals surface area contributed by atoms with Crippen LogP contribution in [0, 0.1) is 5.92 Å². The first-order valence-corrected chi connectivity index (χ1v) is 10.6. The highest BCUT2D eigenvalue weighted by atomic mass is 32.2. The van der Waals surface area contributed by atoms with Gasteiger partial charge in [-0.25, -0.2) is 12.7 Å². The maximum absolute atomic E-state index is 12.7. The molecule has 25 heavy (non-hydrogen) atoms. The number of carbonyl (C=O) groups is 1. The summed E-state index contributed by atoms with van der Waals surface area (Å²) in [5.41, 5.74) is 0.771. The van der Waals surface area contributed by atoms with Gasteiger partial charge in [-0.1, -0.05) is 30.3 Å². The Balaban J connectivity index is 1.55. The third-order valence-electron chi connectivity index (χ3n) is 4.87. The lowest BCUT2D eigenvalue weighted by atomic mass is 9.99. The number of hydrogen-bond donors (Lipinski definition) is 1. The molecule has 0 saturated carbocycles. The Labute approximate surface area is 149 Å². The molecule has 1 amide bonds. The third-order valence-corrected chi connectivity index (χ3v) is 6.68. The van der Waals surface area contributed by atoms with Gasteiger partial charge >= 0.3 is 0 Å². The largest absolute Gasteiger partial charge is 0.376 e. The molecule has 2 saturated heterocycles. The van der Waals surface area contributed by atoms with Crippen molar-refractivity contribution in [1.82, 2.24) is 9.62 Å². The van der Waals surface area contributed by atoms with Crippen molar-refractivity contribution in [2.24, 2.45) is 5.92 Å². The molecule has 0 bridgehead atoms. The predicted octanol–water partition coefficient (Wildman–Crippen LogP) is 1.52. The summed E-state index contributed by atoms with van der Waals surface area (Å²) in [5, 5.41) is 2.93. The molecule has 2 aliphatic rings. The molecule has 2 heterocycles. The van der Waals surface area contributed by atoms with Gasteiger partial charge in [0.25, 0.3) is 0 Å². The van der Waals surface area contributed by atoms with Crippen LogP contribution in [0.3, 0.4) is 0 Å². The van der Waals surface area contributed by atoms with E-state index in [1.54, 1.807) is 0 Å². The zero-order chi connectivity index (χ0) is 17.7. The van der Waals surface area contributed by atoms with Gasteiger partial charge in [0, 0.05) is 26.2 Å². The number of nitrogens with one attached hydrogen (secondary N) is 1. The minimum atomic E-state index is -3.40. The number of piperidine rings is 1. The Morgan fingerprint density at radius 3 is 2.72 bits per heavy atom. The van der Waals surface area contributed by atoms with Crippen LogP contribution in [0.4, 0.5) is 0 Å². The molecule has 1 N–H and O–H groups in total. The zero-order valence-electron chi connectivity index (χ0n) is 14.4. The summed E-state index contributed by atoms with van der Waals surface area (Å²) >= 11 is 0. The van der Waals surface area contributed by atoms with E-state index in [1.807, 2.05) is 30.3 Å². The van der Waals surface area contributed by atoms with Crippen LogP contribution in [0.1, 0.15) is 31.2 Å². The van der Waals surface area contributed by atoms with Gasteiger partial charge in [-0.3, -0.25) is 4.79 Å². The molecule has 2 fully saturated rings. The number of rotatable bonds is 6. The molecule has 2 aliphatic heterocycles. The van der Waals surface area contributed by atoms with Gasteiger partial charge in [0.05, 0.1) is 17.8 Å². The number of hydrogen-bond acceptors (Lipinski definition) is 4. The highest BCUT2D eigenvalue weighted by Crippen LogP contribution is 2.22. The monoisotopic (exact) mass is 366 g/mol. The van der Waals surface area contributed by atoms with E-state index in [0.29, 0.717) is 19.5 Å². The molecule has 1 aromatic rings. The minimum Gasteiger partial charge on any atom is -0.376 e. The van der Waals surface area contributed by atoms with Crippen LogP contribution >= 0.6 is 0 Å². The lowest BCUT2D eigenvalue weighted by molar-refractivity contribution is -0.126. The number of sulfonamides is 1. The second-order valence-corrected chi connectivity index (χ2v) is 8.79. The smallest absolute Gasteiger partial charge is 0.224 e. The van der Waals surface area contributed by atoms with E-state index >= 15 is 0 Å². The van der Waals surface area contributed by atoms with Gasteiger partial charge < -0.3 is 10.1 Å². The second kappa shape index (κ2) is 8.29. The Bertz CT molecular complexity index is 672. The lowest BCUT2D eigenvalue weighted by Gasteiger charge is -2.31. The average Bonchev–Trinajstić information content (AvgIpc) is 3.14. The van der Waals surface area contributed by atoms with Gasteiger partial charge in [-0.15, -0.1) is 0 Å². The molecular formula is C18H26N2O4S. The van der Waals surface area contributed by atoms with E-state index in [2.05, 4.69) is 5.32 Å². The van der Waals surface area contributed by atoms with E-state index in [4.69, 9.17) is 4.74 Å². The normalized spacial score (nSPS) is 25.0. The number of ether oxygens (including phenoxy) is 1. The first-order valence-electron chi connectivity index (χ1n) is 8.95. The van der Waals surface area contributed by atoms with E-state index < -0.39 is 10.0 Å². The minimum absolute atomic E-state index is 0.0158. The lowest BCUT2D eigenvalue weighted by Crippen LogP contribution is -2.46. The molecule has 3 rings (SSSR count). The first-order chi connectivity index (χ1) is 12.0. The fraction of sp³-hybridized carbons (Fsp3) is 0.611. The van der Waals surface area contributed by atoms with Crippen molar-refractivity contribution >= 4 is 15.9 Å². The molecule has 0 aliphatic carbocycles. The third kappa shape index (κ3) is 5.03. The Morgan fingerprint density at radius 1 is 1.20 bits per heavy atom. The Morgan fingerprint density at radius 2 is 2.00 bits per heavy atom. The molecule has 0 aromatic heterocycles. The molecule has 0 radical (unpaired) electrons. The summed E-state index contributed by atoms with van der Waals surface area (Å²) in [7, 11) is -3.40. The fourth-order valence-corrected chi connectivity index (χ4v) is 5.06. The molecule has 138 valence electrons. The molecule has 1 aromatic carbocycles. The highest BCUT2D eigenvalue weighted by Gasteiger charge is 2.32. The van der Waals surface area contributed by atoms with Crippen molar-refractivity contribution in [3.63, 3.8) is 0 Å². The summed E-state index contributed by atoms with van der Waals surface area (Å²) in [6.07, 6.45) is 3.56. The van der Waals surface area contributed by atoms with Crippen LogP contribution in [0.5, 0.6) is 0 Å². The number of nitrogens with zero attached hydrogens (tertiary/aromatic N) is 1. The van der Waals surface area contributed by atoms with Crippen molar-refractivity contribution in [2.45, 2.75) is 37.5 Å². The van der Waals surface area contributed by atoms with E-state index in [-0.39, 0.29) is 30.2 Å². The molecule has 2 atom stereocenters. The number of amides is 1.